The Morgan fingerprint density at radius 2 is 2.08 bits per heavy atom. The Hall–Kier alpha value is -1.66. The maximum Gasteiger partial charge on any atom is 0.255 e. The third-order valence-electron chi connectivity index (χ3n) is 5.07. The summed E-state index contributed by atoms with van der Waals surface area (Å²) >= 11 is 0. The smallest absolute Gasteiger partial charge is 0.255 e. The van der Waals surface area contributed by atoms with Gasteiger partial charge >= 0.3 is 0 Å². The number of likely N-dealkylation sites (tertiary alicyclic amines) is 1. The highest BCUT2D eigenvalue weighted by Gasteiger charge is 2.38. The molecule has 3 heterocycles. The molecule has 0 unspecified atom stereocenters. The van der Waals surface area contributed by atoms with E-state index in [0.29, 0.717) is 23.4 Å². The van der Waals surface area contributed by atoms with Crippen LogP contribution in [0.1, 0.15) is 37.6 Å². The molecule has 6 nitrogen and oxygen atoms in total. The average molecular weight is 347 g/mol. The predicted molar refractivity (Wildman–Crippen MR) is 95.9 cm³/mol. The number of pyridine rings is 1. The van der Waals surface area contributed by atoms with Gasteiger partial charge in [-0.2, -0.15) is 0 Å². The second-order valence-electron chi connectivity index (χ2n) is 7.15. The Bertz CT molecular complexity index is 570. The van der Waals surface area contributed by atoms with Crippen molar-refractivity contribution in [3.8, 4) is 5.88 Å². The first-order valence-corrected chi connectivity index (χ1v) is 9.32. The van der Waals surface area contributed by atoms with E-state index < -0.39 is 0 Å². The molecule has 1 aromatic rings. The van der Waals surface area contributed by atoms with Crippen molar-refractivity contribution >= 4 is 5.91 Å². The Kier molecular flexibility index (Phi) is 5.91. The van der Waals surface area contributed by atoms with Crippen LogP contribution in [0.25, 0.3) is 0 Å². The number of carbonyl (C=O) groups excluding carboxylic acids is 1. The predicted octanol–water partition coefficient (Wildman–Crippen LogP) is 2.05. The quantitative estimate of drug-likeness (QED) is 0.816. The van der Waals surface area contributed by atoms with E-state index in [0.717, 1.165) is 45.8 Å². The topological polar surface area (TPSA) is 54.9 Å². The SMILES string of the molecule is CC[C@@H]1CN(C(=O)c2ccc(OC(C)C)nc2)C[C@@H]1N1CCOCC1. The molecule has 1 aromatic heterocycles. The van der Waals surface area contributed by atoms with E-state index >= 15 is 0 Å². The lowest BCUT2D eigenvalue weighted by molar-refractivity contribution is 0.0103. The Balaban J connectivity index is 1.65. The van der Waals surface area contributed by atoms with E-state index in [2.05, 4.69) is 16.8 Å². The molecule has 3 rings (SSSR count). The molecule has 25 heavy (non-hydrogen) atoms. The molecule has 0 bridgehead atoms. The summed E-state index contributed by atoms with van der Waals surface area (Å²) in [4.78, 5) is 21.6. The van der Waals surface area contributed by atoms with Crippen LogP contribution in [0.2, 0.25) is 0 Å². The molecular weight excluding hydrogens is 318 g/mol. The van der Waals surface area contributed by atoms with Gasteiger partial charge in [-0.25, -0.2) is 4.98 Å². The molecular formula is C19H29N3O3. The molecule has 1 amide bonds. The van der Waals surface area contributed by atoms with Gasteiger partial charge < -0.3 is 14.4 Å². The second kappa shape index (κ2) is 8.15. The third-order valence-corrected chi connectivity index (χ3v) is 5.07. The highest BCUT2D eigenvalue weighted by molar-refractivity contribution is 5.94. The molecule has 2 fully saturated rings. The van der Waals surface area contributed by atoms with Gasteiger partial charge in [-0.15, -0.1) is 0 Å². The summed E-state index contributed by atoms with van der Waals surface area (Å²) in [5.74, 6) is 1.15. The maximum atomic E-state index is 12.9. The van der Waals surface area contributed by atoms with E-state index in [-0.39, 0.29) is 12.0 Å². The molecule has 0 aromatic carbocycles. The van der Waals surface area contributed by atoms with E-state index in [1.54, 1.807) is 12.3 Å². The summed E-state index contributed by atoms with van der Waals surface area (Å²) in [6, 6.07) is 4.03. The minimum atomic E-state index is 0.0674. The van der Waals surface area contributed by atoms with Gasteiger partial charge in [-0.1, -0.05) is 13.3 Å². The fourth-order valence-corrected chi connectivity index (χ4v) is 3.74. The summed E-state index contributed by atoms with van der Waals surface area (Å²) in [6.07, 6.45) is 2.79. The third kappa shape index (κ3) is 4.30. The molecule has 2 atom stereocenters. The lowest BCUT2D eigenvalue weighted by Crippen LogP contribution is -2.47. The van der Waals surface area contributed by atoms with Gasteiger partial charge in [-0.3, -0.25) is 9.69 Å². The number of nitrogens with zero attached hydrogens (tertiary/aromatic N) is 3. The zero-order chi connectivity index (χ0) is 17.8. The van der Waals surface area contributed by atoms with Crippen LogP contribution in [0.4, 0.5) is 0 Å². The molecule has 0 spiro atoms. The zero-order valence-corrected chi connectivity index (χ0v) is 15.5. The van der Waals surface area contributed by atoms with Gasteiger partial charge in [0.05, 0.1) is 24.9 Å². The minimum Gasteiger partial charge on any atom is -0.475 e. The van der Waals surface area contributed by atoms with Crippen LogP contribution in [-0.2, 0) is 4.74 Å². The molecule has 2 aliphatic heterocycles. The van der Waals surface area contributed by atoms with Crippen LogP contribution in [0.15, 0.2) is 18.3 Å². The van der Waals surface area contributed by atoms with Crippen LogP contribution in [0.5, 0.6) is 5.88 Å². The Morgan fingerprint density at radius 1 is 1.32 bits per heavy atom. The summed E-state index contributed by atoms with van der Waals surface area (Å²) in [5.41, 5.74) is 0.633. The molecule has 0 N–H and O–H groups in total. The first kappa shape index (κ1) is 18.1. The number of carbonyl (C=O) groups is 1. The minimum absolute atomic E-state index is 0.0674. The molecule has 0 aliphatic carbocycles. The van der Waals surface area contributed by atoms with Crippen molar-refractivity contribution in [2.45, 2.75) is 39.3 Å². The molecule has 0 radical (unpaired) electrons. The zero-order valence-electron chi connectivity index (χ0n) is 15.5. The summed E-state index contributed by atoms with van der Waals surface area (Å²) in [5, 5.41) is 0. The van der Waals surface area contributed by atoms with Gasteiger partial charge in [0.25, 0.3) is 5.91 Å². The van der Waals surface area contributed by atoms with Crippen molar-refractivity contribution in [2.75, 3.05) is 39.4 Å². The van der Waals surface area contributed by atoms with Crippen LogP contribution in [0, 0.1) is 5.92 Å². The van der Waals surface area contributed by atoms with Crippen molar-refractivity contribution in [2.24, 2.45) is 5.92 Å². The van der Waals surface area contributed by atoms with Gasteiger partial charge in [0.1, 0.15) is 0 Å². The number of ether oxygens (including phenoxy) is 2. The second-order valence-corrected chi connectivity index (χ2v) is 7.15. The average Bonchev–Trinajstić information content (AvgIpc) is 3.06. The normalized spacial score (nSPS) is 24.7. The van der Waals surface area contributed by atoms with E-state index in [9.17, 15) is 4.79 Å². The van der Waals surface area contributed by atoms with Crippen molar-refractivity contribution in [3.63, 3.8) is 0 Å². The summed E-state index contributed by atoms with van der Waals surface area (Å²) in [6.45, 7) is 11.3. The monoisotopic (exact) mass is 347 g/mol. The van der Waals surface area contributed by atoms with Gasteiger partial charge in [0.2, 0.25) is 5.88 Å². The molecule has 0 saturated carbocycles. The molecule has 2 saturated heterocycles. The van der Waals surface area contributed by atoms with Crippen molar-refractivity contribution in [3.05, 3.63) is 23.9 Å². The molecule has 2 aliphatic rings. The fraction of sp³-hybridized carbons (Fsp3) is 0.684. The number of hydrogen-bond donors (Lipinski definition) is 0. The van der Waals surface area contributed by atoms with Crippen LogP contribution < -0.4 is 4.74 Å². The number of morpholine rings is 1. The Labute approximate surface area is 150 Å². The van der Waals surface area contributed by atoms with Crippen molar-refractivity contribution < 1.29 is 14.3 Å². The van der Waals surface area contributed by atoms with Crippen LogP contribution >= 0.6 is 0 Å². The van der Waals surface area contributed by atoms with Crippen molar-refractivity contribution in [1.29, 1.82) is 0 Å². The summed E-state index contributed by atoms with van der Waals surface area (Å²) in [7, 11) is 0. The van der Waals surface area contributed by atoms with Crippen LogP contribution in [-0.4, -0.2) is 72.2 Å². The first-order chi connectivity index (χ1) is 12.1. The van der Waals surface area contributed by atoms with Crippen LogP contribution in [0.3, 0.4) is 0 Å². The largest absolute Gasteiger partial charge is 0.475 e. The van der Waals surface area contributed by atoms with E-state index in [4.69, 9.17) is 9.47 Å². The standard InChI is InChI=1S/C19H29N3O3/c1-4-15-12-22(13-17(15)21-7-9-24-10-8-21)19(23)16-5-6-18(20-11-16)25-14(2)3/h5-6,11,14-15,17H,4,7-10,12-13H2,1-3H3/t15-,17+/m1/s1. The number of amides is 1. The first-order valence-electron chi connectivity index (χ1n) is 9.32. The highest BCUT2D eigenvalue weighted by atomic mass is 16.5. The Morgan fingerprint density at radius 3 is 2.68 bits per heavy atom. The van der Waals surface area contributed by atoms with Crippen molar-refractivity contribution in [1.82, 2.24) is 14.8 Å². The van der Waals surface area contributed by atoms with E-state index in [1.807, 2.05) is 24.8 Å². The number of hydrogen-bond acceptors (Lipinski definition) is 5. The molecule has 6 heteroatoms. The fourth-order valence-electron chi connectivity index (χ4n) is 3.74. The van der Waals surface area contributed by atoms with Gasteiger partial charge in [0, 0.05) is 44.5 Å². The number of rotatable bonds is 5. The lowest BCUT2D eigenvalue weighted by atomic mass is 9.99. The maximum absolute atomic E-state index is 12.9. The molecule has 138 valence electrons. The highest BCUT2D eigenvalue weighted by Crippen LogP contribution is 2.27. The van der Waals surface area contributed by atoms with Gasteiger partial charge in [-0.05, 0) is 25.8 Å². The lowest BCUT2D eigenvalue weighted by Gasteiger charge is -2.34. The van der Waals surface area contributed by atoms with Gasteiger partial charge in [0.15, 0.2) is 0 Å². The summed E-state index contributed by atoms with van der Waals surface area (Å²) < 4.78 is 11.0. The number of aromatic nitrogens is 1. The van der Waals surface area contributed by atoms with E-state index in [1.165, 1.54) is 0 Å².